The summed E-state index contributed by atoms with van der Waals surface area (Å²) in [5.41, 5.74) is 1.58. The van der Waals surface area contributed by atoms with Gasteiger partial charge < -0.3 is 4.74 Å². The van der Waals surface area contributed by atoms with Crippen LogP contribution in [0.3, 0.4) is 0 Å². The maximum absolute atomic E-state index is 5.23. The molecule has 0 unspecified atom stereocenters. The van der Waals surface area contributed by atoms with E-state index in [0.29, 0.717) is 16.3 Å². The number of methoxy groups -OCH3 is 1. The quantitative estimate of drug-likeness (QED) is 0.546. The zero-order valence-corrected chi connectivity index (χ0v) is 14.5. The van der Waals surface area contributed by atoms with Crippen molar-refractivity contribution < 1.29 is 4.74 Å². The lowest BCUT2D eigenvalue weighted by Crippen LogP contribution is -1.96. The van der Waals surface area contributed by atoms with Gasteiger partial charge in [-0.05, 0) is 64.0 Å². The Bertz CT molecular complexity index is 904. The Labute approximate surface area is 146 Å². The van der Waals surface area contributed by atoms with Crippen LogP contribution < -0.4 is 4.74 Å². The van der Waals surface area contributed by atoms with E-state index in [1.54, 1.807) is 19.5 Å². The Balaban J connectivity index is 1.96. The lowest BCUT2D eigenvalue weighted by Gasteiger charge is -2.03. The Hall–Kier alpha value is -2.32. The van der Waals surface area contributed by atoms with E-state index in [0.717, 1.165) is 15.8 Å². The number of benzene rings is 1. The summed E-state index contributed by atoms with van der Waals surface area (Å²) in [5, 5.41) is 11.3. The van der Waals surface area contributed by atoms with Crippen LogP contribution in [0.1, 0.15) is 5.56 Å². The second kappa shape index (κ2) is 6.84. The van der Waals surface area contributed by atoms with Crippen LogP contribution in [0.5, 0.6) is 5.75 Å². The van der Waals surface area contributed by atoms with Gasteiger partial charge in [-0.25, -0.2) is 5.10 Å². The van der Waals surface area contributed by atoms with Crippen LogP contribution in [-0.2, 0) is 0 Å². The van der Waals surface area contributed by atoms with Gasteiger partial charge in [0, 0.05) is 6.20 Å². The molecule has 0 fully saturated rings. The molecule has 2 aromatic heterocycles. The summed E-state index contributed by atoms with van der Waals surface area (Å²) in [6.45, 7) is 0. The van der Waals surface area contributed by atoms with Crippen molar-refractivity contribution in [1.82, 2.24) is 19.9 Å². The van der Waals surface area contributed by atoms with E-state index < -0.39 is 0 Å². The molecule has 1 N–H and O–H groups in total. The van der Waals surface area contributed by atoms with Gasteiger partial charge in [-0.2, -0.15) is 14.9 Å². The molecule has 0 bridgehead atoms. The second-order valence-corrected chi connectivity index (χ2v) is 5.76. The summed E-state index contributed by atoms with van der Waals surface area (Å²) in [4.78, 5) is 4.27. The molecule has 1 aromatic carbocycles. The highest BCUT2D eigenvalue weighted by Crippen LogP contribution is 2.25. The zero-order valence-electron chi connectivity index (χ0n) is 12.1. The Morgan fingerprint density at radius 3 is 2.91 bits per heavy atom. The molecule has 0 radical (unpaired) electrons. The third-order valence-electron chi connectivity index (χ3n) is 3.04. The first kappa shape index (κ1) is 15.6. The normalized spacial score (nSPS) is 11.0. The van der Waals surface area contributed by atoms with Crippen molar-refractivity contribution in [1.29, 1.82) is 0 Å². The molecule has 0 saturated heterocycles. The van der Waals surface area contributed by atoms with Crippen LogP contribution >= 0.6 is 28.1 Å². The van der Waals surface area contributed by atoms with Crippen LogP contribution in [-0.4, -0.2) is 33.2 Å². The monoisotopic (exact) mass is 389 g/mol. The van der Waals surface area contributed by atoms with Gasteiger partial charge in [0.15, 0.2) is 0 Å². The average Bonchev–Trinajstić information content (AvgIpc) is 2.94. The molecule has 0 aliphatic carbocycles. The number of aromatic nitrogens is 4. The van der Waals surface area contributed by atoms with E-state index in [1.165, 1.54) is 4.68 Å². The summed E-state index contributed by atoms with van der Waals surface area (Å²) >= 11 is 8.68. The van der Waals surface area contributed by atoms with Gasteiger partial charge >= 0.3 is 0 Å². The molecule has 0 saturated carbocycles. The second-order valence-electron chi connectivity index (χ2n) is 4.52. The Morgan fingerprint density at radius 2 is 2.22 bits per heavy atom. The maximum Gasteiger partial charge on any atom is 0.216 e. The fourth-order valence-corrected chi connectivity index (χ4v) is 2.68. The number of pyridine rings is 1. The van der Waals surface area contributed by atoms with Gasteiger partial charge in [0.2, 0.25) is 10.6 Å². The predicted octanol–water partition coefficient (Wildman–Crippen LogP) is 3.66. The molecular formula is C15H12BrN5OS. The average molecular weight is 390 g/mol. The van der Waals surface area contributed by atoms with E-state index in [4.69, 9.17) is 17.0 Å². The number of ether oxygens (including phenoxy) is 1. The smallest absolute Gasteiger partial charge is 0.216 e. The molecule has 0 aliphatic heterocycles. The Morgan fingerprint density at radius 1 is 1.35 bits per heavy atom. The number of nitrogens with one attached hydrogen (secondary N) is 1. The van der Waals surface area contributed by atoms with Gasteiger partial charge in [-0.1, -0.05) is 6.07 Å². The third kappa shape index (κ3) is 3.38. The summed E-state index contributed by atoms with van der Waals surface area (Å²) in [5.74, 6) is 1.32. The Kier molecular flexibility index (Phi) is 4.63. The number of nitrogens with zero attached hydrogens (tertiary/aromatic N) is 4. The summed E-state index contributed by atoms with van der Waals surface area (Å²) < 4.78 is 8.00. The van der Waals surface area contributed by atoms with Gasteiger partial charge in [0.25, 0.3) is 0 Å². The van der Waals surface area contributed by atoms with Crippen molar-refractivity contribution in [2.45, 2.75) is 0 Å². The van der Waals surface area contributed by atoms with Crippen molar-refractivity contribution in [3.05, 3.63) is 57.4 Å². The first-order chi connectivity index (χ1) is 11.2. The lowest BCUT2D eigenvalue weighted by molar-refractivity contribution is 0.412. The van der Waals surface area contributed by atoms with E-state index in [1.807, 2.05) is 36.4 Å². The van der Waals surface area contributed by atoms with E-state index in [9.17, 15) is 0 Å². The topological polar surface area (TPSA) is 68.1 Å². The minimum atomic E-state index is 0.398. The number of hydrogen-bond donors (Lipinski definition) is 1. The molecule has 6 nitrogen and oxygen atoms in total. The minimum Gasteiger partial charge on any atom is -0.496 e. The van der Waals surface area contributed by atoms with Gasteiger partial charge in [0.05, 0.1) is 17.8 Å². The highest BCUT2D eigenvalue weighted by molar-refractivity contribution is 9.10. The fourth-order valence-electron chi connectivity index (χ4n) is 1.95. The molecule has 23 heavy (non-hydrogen) atoms. The van der Waals surface area contributed by atoms with Crippen LogP contribution in [0.25, 0.3) is 11.5 Å². The number of H-pyrrole nitrogens is 1. The van der Waals surface area contributed by atoms with Gasteiger partial charge in [-0.15, -0.1) is 0 Å². The SMILES string of the molecule is COc1ccc(/C=N/n2c(-c3ccccn3)n[nH]c2=S)cc1Br. The molecule has 0 atom stereocenters. The molecule has 8 heteroatoms. The largest absolute Gasteiger partial charge is 0.496 e. The molecule has 116 valence electrons. The summed E-state index contributed by atoms with van der Waals surface area (Å²) in [6.07, 6.45) is 3.39. The van der Waals surface area contributed by atoms with Crippen molar-refractivity contribution in [2.75, 3.05) is 7.11 Å². The van der Waals surface area contributed by atoms with Crippen LogP contribution in [0, 0.1) is 4.77 Å². The molecule has 2 heterocycles. The lowest BCUT2D eigenvalue weighted by atomic mass is 10.2. The highest BCUT2D eigenvalue weighted by Gasteiger charge is 2.08. The number of halogens is 1. The number of rotatable bonds is 4. The van der Waals surface area contributed by atoms with Gasteiger partial charge in [-0.3, -0.25) is 4.98 Å². The first-order valence-electron chi connectivity index (χ1n) is 6.66. The molecule has 0 aliphatic rings. The van der Waals surface area contributed by atoms with Crippen molar-refractivity contribution in [3.63, 3.8) is 0 Å². The van der Waals surface area contributed by atoms with Gasteiger partial charge in [0.1, 0.15) is 11.4 Å². The van der Waals surface area contributed by atoms with Crippen molar-refractivity contribution >= 4 is 34.4 Å². The minimum absolute atomic E-state index is 0.398. The van der Waals surface area contributed by atoms with Crippen LogP contribution in [0.2, 0.25) is 0 Å². The van der Waals surface area contributed by atoms with E-state index >= 15 is 0 Å². The first-order valence-corrected chi connectivity index (χ1v) is 7.86. The number of aromatic amines is 1. The molecule has 0 spiro atoms. The fraction of sp³-hybridized carbons (Fsp3) is 0.0667. The maximum atomic E-state index is 5.23. The highest BCUT2D eigenvalue weighted by atomic mass is 79.9. The standard InChI is InChI=1S/C15H12BrN5OS/c1-22-13-6-5-10(8-11(13)16)9-18-21-14(19-20-15(21)23)12-4-2-3-7-17-12/h2-9H,1H3,(H,20,23)/b18-9+. The number of hydrogen-bond acceptors (Lipinski definition) is 5. The zero-order chi connectivity index (χ0) is 16.2. The summed E-state index contributed by atoms with van der Waals surface area (Å²) in [6, 6.07) is 11.2. The molecule has 0 amide bonds. The van der Waals surface area contributed by atoms with Crippen molar-refractivity contribution in [3.8, 4) is 17.3 Å². The predicted molar refractivity (Wildman–Crippen MR) is 94.3 cm³/mol. The van der Waals surface area contributed by atoms with Crippen LogP contribution in [0.4, 0.5) is 0 Å². The molecular weight excluding hydrogens is 378 g/mol. The molecule has 3 rings (SSSR count). The third-order valence-corrected chi connectivity index (χ3v) is 3.93. The van der Waals surface area contributed by atoms with E-state index in [-0.39, 0.29) is 0 Å². The van der Waals surface area contributed by atoms with Crippen LogP contribution in [0.15, 0.2) is 52.2 Å². The van der Waals surface area contributed by atoms with Crippen molar-refractivity contribution in [2.24, 2.45) is 5.10 Å². The summed E-state index contributed by atoms with van der Waals surface area (Å²) in [7, 11) is 1.62. The van der Waals surface area contributed by atoms with E-state index in [2.05, 4.69) is 36.2 Å². The molecule has 3 aromatic rings.